The molecule has 2 aromatic rings. The highest BCUT2D eigenvalue weighted by molar-refractivity contribution is 5.92. The Morgan fingerprint density at radius 1 is 1.41 bits per heavy atom. The molecule has 1 aliphatic heterocycles. The Balaban J connectivity index is 1.70. The van der Waals surface area contributed by atoms with Crippen molar-refractivity contribution in [3.63, 3.8) is 0 Å². The molecule has 0 aromatic carbocycles. The summed E-state index contributed by atoms with van der Waals surface area (Å²) in [7, 11) is 0. The van der Waals surface area contributed by atoms with E-state index in [2.05, 4.69) is 5.10 Å². The highest BCUT2D eigenvalue weighted by atomic mass is 19.3. The summed E-state index contributed by atoms with van der Waals surface area (Å²) in [6, 6.07) is 0. The molecule has 1 aliphatic carbocycles. The van der Waals surface area contributed by atoms with E-state index >= 15 is 0 Å². The van der Waals surface area contributed by atoms with Gasteiger partial charge in [-0.2, -0.15) is 5.10 Å². The van der Waals surface area contributed by atoms with E-state index in [9.17, 15) is 13.6 Å². The number of carbonyl (C=O) groups excluding carboxylic acids is 1. The summed E-state index contributed by atoms with van der Waals surface area (Å²) >= 11 is 0. The van der Waals surface area contributed by atoms with Crippen molar-refractivity contribution in [3.05, 3.63) is 28.8 Å². The third-order valence-corrected chi connectivity index (χ3v) is 4.67. The van der Waals surface area contributed by atoms with Crippen molar-refractivity contribution in [1.82, 2.24) is 9.78 Å². The highest BCUT2D eigenvalue weighted by Gasteiger charge is 2.36. The molecule has 27 heavy (non-hydrogen) atoms. The number of aromatic nitrogens is 2. The monoisotopic (exact) mass is 382 g/mol. The van der Waals surface area contributed by atoms with E-state index in [1.807, 2.05) is 6.20 Å². The van der Waals surface area contributed by atoms with Gasteiger partial charge in [0.05, 0.1) is 49.8 Å². The molecule has 2 aliphatic rings. The molecule has 1 saturated heterocycles. The van der Waals surface area contributed by atoms with Gasteiger partial charge in [-0.1, -0.05) is 0 Å². The molecule has 0 spiro atoms. The number of aryl methyl sites for hydroxylation is 2. The first-order chi connectivity index (χ1) is 13.1. The number of rotatable bonds is 5. The van der Waals surface area contributed by atoms with Crippen LogP contribution in [0.2, 0.25) is 0 Å². The summed E-state index contributed by atoms with van der Waals surface area (Å²) in [5, 5.41) is 4.48. The number of hydrogen-bond donors (Lipinski definition) is 0. The normalized spacial score (nSPS) is 19.0. The van der Waals surface area contributed by atoms with Crippen LogP contribution in [0.1, 0.15) is 40.8 Å². The molecule has 0 N–H and O–H groups in total. The predicted octanol–water partition coefficient (Wildman–Crippen LogP) is 2.77. The van der Waals surface area contributed by atoms with Crippen molar-refractivity contribution >= 4 is 5.97 Å². The second kappa shape index (κ2) is 7.40. The first-order valence-corrected chi connectivity index (χ1v) is 8.95. The van der Waals surface area contributed by atoms with Gasteiger partial charge in [0.1, 0.15) is 11.9 Å². The summed E-state index contributed by atoms with van der Waals surface area (Å²) in [5.74, 6) is -0.956. The lowest BCUT2D eigenvalue weighted by Crippen LogP contribution is -2.32. The van der Waals surface area contributed by atoms with E-state index in [1.165, 1.54) is 0 Å². The first-order valence-electron chi connectivity index (χ1n) is 8.95. The van der Waals surface area contributed by atoms with Gasteiger partial charge < -0.3 is 18.6 Å². The molecule has 3 heterocycles. The van der Waals surface area contributed by atoms with E-state index in [4.69, 9.17) is 18.6 Å². The van der Waals surface area contributed by atoms with Crippen molar-refractivity contribution in [2.45, 2.75) is 38.8 Å². The molecule has 0 bridgehead atoms. The summed E-state index contributed by atoms with van der Waals surface area (Å²) in [5.41, 5.74) is 1.06. The molecule has 9 heteroatoms. The summed E-state index contributed by atoms with van der Waals surface area (Å²) in [6.07, 6.45) is -0.140. The third kappa shape index (κ3) is 3.37. The van der Waals surface area contributed by atoms with Crippen molar-refractivity contribution in [2.75, 3.05) is 26.4 Å². The SMILES string of the molecule is CCOC(=O)c1oc2c(c1C(F)F)-c1nn(C[C@H]3COCCO3)cc1CC2. The van der Waals surface area contributed by atoms with E-state index in [0.29, 0.717) is 50.7 Å². The fourth-order valence-electron chi connectivity index (χ4n) is 3.53. The molecule has 2 aromatic heterocycles. The van der Waals surface area contributed by atoms with Crippen LogP contribution in [0, 0.1) is 0 Å². The lowest BCUT2D eigenvalue weighted by molar-refractivity contribution is -0.0946. The van der Waals surface area contributed by atoms with Crippen molar-refractivity contribution in [2.24, 2.45) is 0 Å². The molecule has 1 fully saturated rings. The maximum absolute atomic E-state index is 13.8. The lowest BCUT2D eigenvalue weighted by atomic mass is 9.93. The van der Waals surface area contributed by atoms with Crippen molar-refractivity contribution in [3.8, 4) is 11.3 Å². The van der Waals surface area contributed by atoms with Crippen molar-refractivity contribution in [1.29, 1.82) is 0 Å². The number of nitrogens with zero attached hydrogens (tertiary/aromatic N) is 2. The van der Waals surface area contributed by atoms with E-state index in [1.54, 1.807) is 11.6 Å². The van der Waals surface area contributed by atoms with Gasteiger partial charge in [0.2, 0.25) is 5.76 Å². The molecule has 0 radical (unpaired) electrons. The zero-order chi connectivity index (χ0) is 19.0. The van der Waals surface area contributed by atoms with Crippen LogP contribution in [-0.2, 0) is 33.6 Å². The number of hydrogen-bond acceptors (Lipinski definition) is 6. The zero-order valence-corrected chi connectivity index (χ0v) is 14.9. The summed E-state index contributed by atoms with van der Waals surface area (Å²) < 4.78 is 50.6. The number of alkyl halides is 2. The second-order valence-electron chi connectivity index (χ2n) is 6.46. The van der Waals surface area contributed by atoms with Crippen LogP contribution in [-0.4, -0.2) is 48.3 Å². The van der Waals surface area contributed by atoms with Crippen LogP contribution < -0.4 is 0 Å². The Morgan fingerprint density at radius 2 is 2.26 bits per heavy atom. The number of carbonyl (C=O) groups is 1. The topological polar surface area (TPSA) is 75.7 Å². The maximum atomic E-state index is 13.8. The maximum Gasteiger partial charge on any atom is 0.374 e. The Kier molecular flexibility index (Phi) is 4.96. The van der Waals surface area contributed by atoms with Crippen LogP contribution in [0.3, 0.4) is 0 Å². The second-order valence-corrected chi connectivity index (χ2v) is 6.46. The Hall–Kier alpha value is -2.26. The fourth-order valence-corrected chi connectivity index (χ4v) is 3.53. The average Bonchev–Trinajstić information content (AvgIpc) is 3.23. The first kappa shape index (κ1) is 18.1. The quantitative estimate of drug-likeness (QED) is 0.741. The minimum absolute atomic E-state index is 0.0796. The minimum atomic E-state index is -2.87. The van der Waals surface area contributed by atoms with Gasteiger partial charge in [-0.05, 0) is 18.9 Å². The summed E-state index contributed by atoms with van der Waals surface area (Å²) in [6.45, 7) is 3.72. The summed E-state index contributed by atoms with van der Waals surface area (Å²) in [4.78, 5) is 12.1. The number of halogens is 2. The number of esters is 1. The van der Waals surface area contributed by atoms with Gasteiger partial charge in [-0.25, -0.2) is 13.6 Å². The van der Waals surface area contributed by atoms with E-state index in [-0.39, 0.29) is 18.3 Å². The van der Waals surface area contributed by atoms with Crippen LogP contribution in [0.4, 0.5) is 8.78 Å². The molecule has 146 valence electrons. The molecule has 4 rings (SSSR count). The molecular weight excluding hydrogens is 362 g/mol. The van der Waals surface area contributed by atoms with Crippen molar-refractivity contribution < 1.29 is 32.2 Å². The molecule has 7 nitrogen and oxygen atoms in total. The average molecular weight is 382 g/mol. The Bertz CT molecular complexity index is 839. The van der Waals surface area contributed by atoms with Gasteiger partial charge in [0, 0.05) is 12.6 Å². The molecule has 0 unspecified atom stereocenters. The van der Waals surface area contributed by atoms with Gasteiger partial charge in [0.15, 0.2) is 0 Å². The van der Waals surface area contributed by atoms with E-state index < -0.39 is 23.7 Å². The predicted molar refractivity (Wildman–Crippen MR) is 88.8 cm³/mol. The van der Waals surface area contributed by atoms with Crippen LogP contribution in [0.5, 0.6) is 0 Å². The Labute approximate surface area is 154 Å². The standard InChI is InChI=1S/C18H20F2N2O5/c1-2-25-18(23)16-14(17(19)20)13-12(27-16)4-3-10-7-22(21-15(10)13)8-11-9-24-5-6-26-11/h7,11,17H,2-6,8-9H2,1H3/t11-/m0/s1. The van der Waals surface area contributed by atoms with Gasteiger partial charge in [0.25, 0.3) is 6.43 Å². The smallest absolute Gasteiger partial charge is 0.374 e. The number of fused-ring (bicyclic) bond motifs is 3. The van der Waals surface area contributed by atoms with E-state index in [0.717, 1.165) is 5.56 Å². The van der Waals surface area contributed by atoms with Crippen LogP contribution >= 0.6 is 0 Å². The third-order valence-electron chi connectivity index (χ3n) is 4.67. The fraction of sp³-hybridized carbons (Fsp3) is 0.556. The van der Waals surface area contributed by atoms with Gasteiger partial charge >= 0.3 is 5.97 Å². The lowest BCUT2D eigenvalue weighted by Gasteiger charge is -2.22. The number of ether oxygens (including phenoxy) is 3. The van der Waals surface area contributed by atoms with Gasteiger partial charge in [-0.15, -0.1) is 0 Å². The molecule has 0 saturated carbocycles. The van der Waals surface area contributed by atoms with Gasteiger partial charge in [-0.3, -0.25) is 4.68 Å². The molecular formula is C18H20F2N2O5. The molecule has 0 amide bonds. The zero-order valence-electron chi connectivity index (χ0n) is 14.9. The molecule has 1 atom stereocenters. The van der Waals surface area contributed by atoms with Crippen LogP contribution in [0.15, 0.2) is 10.6 Å². The minimum Gasteiger partial charge on any atom is -0.460 e. The van der Waals surface area contributed by atoms with Crippen LogP contribution in [0.25, 0.3) is 11.3 Å². The largest absolute Gasteiger partial charge is 0.460 e. The highest BCUT2D eigenvalue weighted by Crippen LogP contribution is 2.43. The number of furan rings is 1. The Morgan fingerprint density at radius 3 is 2.96 bits per heavy atom.